The minimum absolute atomic E-state index is 0.445. The molecule has 0 aliphatic heterocycles. The summed E-state index contributed by atoms with van der Waals surface area (Å²) in [4.78, 5) is 0. The van der Waals surface area contributed by atoms with E-state index in [-0.39, 0.29) is 0 Å². The molecule has 3 unspecified atom stereocenters. The summed E-state index contributed by atoms with van der Waals surface area (Å²) < 4.78 is 1.15. The Morgan fingerprint density at radius 1 is 1.06 bits per heavy atom. The van der Waals surface area contributed by atoms with Crippen LogP contribution in [0.2, 0.25) is 0 Å². The molecule has 0 bridgehead atoms. The van der Waals surface area contributed by atoms with Gasteiger partial charge in [-0.1, -0.05) is 41.9 Å². The molecule has 1 saturated carbocycles. The van der Waals surface area contributed by atoms with Crippen LogP contribution in [0.15, 0.2) is 28.7 Å². The Balaban J connectivity index is 1.94. The molecule has 1 aliphatic carbocycles. The van der Waals surface area contributed by atoms with Gasteiger partial charge in [-0.3, -0.25) is 0 Å². The predicted molar refractivity (Wildman–Crippen MR) is 81.7 cm³/mol. The molecule has 1 nitrogen and oxygen atoms in total. The van der Waals surface area contributed by atoms with Crippen molar-refractivity contribution in [3.63, 3.8) is 0 Å². The summed E-state index contributed by atoms with van der Waals surface area (Å²) in [5, 5.41) is 3.80. The van der Waals surface area contributed by atoms with Crippen LogP contribution in [0.4, 0.5) is 0 Å². The zero-order valence-corrected chi connectivity index (χ0v) is 13.2. The third kappa shape index (κ3) is 3.83. The van der Waals surface area contributed by atoms with Gasteiger partial charge < -0.3 is 5.32 Å². The second-order valence-electron chi connectivity index (χ2n) is 6.05. The maximum atomic E-state index is 3.80. The molecule has 0 saturated heterocycles. The zero-order valence-electron chi connectivity index (χ0n) is 11.6. The van der Waals surface area contributed by atoms with Crippen molar-refractivity contribution in [2.75, 3.05) is 0 Å². The van der Waals surface area contributed by atoms with E-state index < -0.39 is 0 Å². The third-order valence-corrected chi connectivity index (χ3v) is 4.56. The van der Waals surface area contributed by atoms with Gasteiger partial charge in [0.1, 0.15) is 0 Å². The highest BCUT2D eigenvalue weighted by molar-refractivity contribution is 9.10. The van der Waals surface area contributed by atoms with Gasteiger partial charge in [0, 0.05) is 16.6 Å². The van der Waals surface area contributed by atoms with E-state index in [1.54, 1.807) is 0 Å². The van der Waals surface area contributed by atoms with E-state index in [9.17, 15) is 0 Å². The fraction of sp³-hybridized carbons (Fsp3) is 0.625. The van der Waals surface area contributed by atoms with Gasteiger partial charge in [0.25, 0.3) is 0 Å². The summed E-state index contributed by atoms with van der Waals surface area (Å²) in [7, 11) is 0. The zero-order chi connectivity index (χ0) is 13.1. The maximum Gasteiger partial charge on any atom is 0.0294 e. The average molecular weight is 310 g/mol. The van der Waals surface area contributed by atoms with Gasteiger partial charge in [-0.2, -0.15) is 0 Å². The quantitative estimate of drug-likeness (QED) is 0.835. The van der Waals surface area contributed by atoms with E-state index in [2.05, 4.69) is 66.3 Å². The van der Waals surface area contributed by atoms with Crippen LogP contribution in [-0.4, -0.2) is 6.04 Å². The van der Waals surface area contributed by atoms with Crippen molar-refractivity contribution in [2.45, 2.75) is 52.1 Å². The molecule has 1 aromatic carbocycles. The minimum atomic E-state index is 0.445. The van der Waals surface area contributed by atoms with Crippen LogP contribution in [0.3, 0.4) is 0 Å². The number of benzene rings is 1. The fourth-order valence-corrected chi connectivity index (χ4v) is 3.55. The van der Waals surface area contributed by atoms with Crippen LogP contribution in [0.1, 0.15) is 51.6 Å². The predicted octanol–water partition coefficient (Wildman–Crippen LogP) is 4.92. The first-order valence-corrected chi connectivity index (χ1v) is 7.85. The Morgan fingerprint density at radius 2 is 1.61 bits per heavy atom. The molecule has 3 atom stereocenters. The smallest absolute Gasteiger partial charge is 0.0294 e. The van der Waals surface area contributed by atoms with Crippen LogP contribution in [-0.2, 0) is 0 Å². The van der Waals surface area contributed by atoms with Crippen molar-refractivity contribution in [3.8, 4) is 0 Å². The highest BCUT2D eigenvalue weighted by atomic mass is 79.9. The molecular weight excluding hydrogens is 286 g/mol. The van der Waals surface area contributed by atoms with Gasteiger partial charge in [-0.15, -0.1) is 0 Å². The lowest BCUT2D eigenvalue weighted by Crippen LogP contribution is -2.37. The Hall–Kier alpha value is -0.340. The Kier molecular flexibility index (Phi) is 4.85. The minimum Gasteiger partial charge on any atom is -0.307 e. The van der Waals surface area contributed by atoms with E-state index in [0.717, 1.165) is 16.3 Å². The van der Waals surface area contributed by atoms with E-state index in [0.29, 0.717) is 12.1 Å². The summed E-state index contributed by atoms with van der Waals surface area (Å²) >= 11 is 3.49. The monoisotopic (exact) mass is 309 g/mol. The van der Waals surface area contributed by atoms with Crippen LogP contribution in [0.25, 0.3) is 0 Å². The Morgan fingerprint density at radius 3 is 2.17 bits per heavy atom. The number of rotatable bonds is 3. The second-order valence-corrected chi connectivity index (χ2v) is 6.97. The number of nitrogens with one attached hydrogen (secondary N) is 1. The average Bonchev–Trinajstić information content (AvgIpc) is 2.28. The van der Waals surface area contributed by atoms with Gasteiger partial charge >= 0.3 is 0 Å². The third-order valence-electron chi connectivity index (χ3n) is 4.03. The van der Waals surface area contributed by atoms with Crippen molar-refractivity contribution in [1.29, 1.82) is 0 Å². The molecule has 1 N–H and O–H groups in total. The standard InChI is InChI=1S/C16H24BrN/c1-11-8-12(2)10-16(9-11)18-13(3)14-4-6-15(17)7-5-14/h4-7,11-13,16,18H,8-10H2,1-3H3. The lowest BCUT2D eigenvalue weighted by Gasteiger charge is -2.34. The molecule has 1 aromatic rings. The normalized spacial score (nSPS) is 30.1. The molecule has 1 aliphatic rings. The van der Waals surface area contributed by atoms with E-state index >= 15 is 0 Å². The summed E-state index contributed by atoms with van der Waals surface area (Å²) in [6, 6.07) is 9.79. The van der Waals surface area contributed by atoms with Gasteiger partial charge in [0.2, 0.25) is 0 Å². The molecule has 2 heteroatoms. The van der Waals surface area contributed by atoms with Gasteiger partial charge in [-0.05, 0) is 55.7 Å². The first-order valence-electron chi connectivity index (χ1n) is 7.06. The summed E-state index contributed by atoms with van der Waals surface area (Å²) in [6.45, 7) is 7.04. The Bertz CT molecular complexity index is 363. The van der Waals surface area contributed by atoms with Crippen molar-refractivity contribution >= 4 is 15.9 Å². The first-order chi connectivity index (χ1) is 8.54. The molecule has 0 radical (unpaired) electrons. The van der Waals surface area contributed by atoms with E-state index in [4.69, 9.17) is 0 Å². The van der Waals surface area contributed by atoms with Gasteiger partial charge in [0.05, 0.1) is 0 Å². The number of hydrogen-bond donors (Lipinski definition) is 1. The van der Waals surface area contributed by atoms with Crippen LogP contribution < -0.4 is 5.32 Å². The molecule has 0 amide bonds. The fourth-order valence-electron chi connectivity index (χ4n) is 3.28. The van der Waals surface area contributed by atoms with Gasteiger partial charge in [0.15, 0.2) is 0 Å². The summed E-state index contributed by atoms with van der Waals surface area (Å²) in [5.41, 5.74) is 1.38. The molecule has 0 heterocycles. The lowest BCUT2D eigenvalue weighted by molar-refractivity contribution is 0.228. The second kappa shape index (κ2) is 6.21. The summed E-state index contributed by atoms with van der Waals surface area (Å²) in [6.07, 6.45) is 4.04. The Labute approximate surface area is 119 Å². The largest absolute Gasteiger partial charge is 0.307 e. The SMILES string of the molecule is CC1CC(C)CC(NC(C)c2ccc(Br)cc2)C1. The maximum absolute atomic E-state index is 3.80. The topological polar surface area (TPSA) is 12.0 Å². The molecule has 2 rings (SSSR count). The van der Waals surface area contributed by atoms with E-state index in [1.807, 2.05) is 0 Å². The van der Waals surface area contributed by atoms with Crippen molar-refractivity contribution < 1.29 is 0 Å². The van der Waals surface area contributed by atoms with Crippen molar-refractivity contribution in [2.24, 2.45) is 11.8 Å². The highest BCUT2D eigenvalue weighted by Gasteiger charge is 2.24. The molecule has 0 aromatic heterocycles. The van der Waals surface area contributed by atoms with E-state index in [1.165, 1.54) is 24.8 Å². The molecule has 100 valence electrons. The number of halogens is 1. The van der Waals surface area contributed by atoms with Gasteiger partial charge in [-0.25, -0.2) is 0 Å². The highest BCUT2D eigenvalue weighted by Crippen LogP contribution is 2.30. The summed E-state index contributed by atoms with van der Waals surface area (Å²) in [5.74, 6) is 1.73. The first kappa shape index (κ1) is 14.1. The lowest BCUT2D eigenvalue weighted by atomic mass is 9.80. The number of hydrogen-bond acceptors (Lipinski definition) is 1. The molecular formula is C16H24BrN. The van der Waals surface area contributed by atoms with Crippen molar-refractivity contribution in [1.82, 2.24) is 5.32 Å². The molecule has 18 heavy (non-hydrogen) atoms. The van der Waals surface area contributed by atoms with Crippen molar-refractivity contribution in [3.05, 3.63) is 34.3 Å². The molecule has 1 fully saturated rings. The van der Waals surface area contributed by atoms with Crippen LogP contribution in [0, 0.1) is 11.8 Å². The van der Waals surface area contributed by atoms with Crippen LogP contribution in [0.5, 0.6) is 0 Å². The molecule has 0 spiro atoms. The van der Waals surface area contributed by atoms with Crippen LogP contribution >= 0.6 is 15.9 Å².